The predicted octanol–water partition coefficient (Wildman–Crippen LogP) is 3.84. The van der Waals surface area contributed by atoms with Crippen LogP contribution < -0.4 is 19.5 Å². The highest BCUT2D eigenvalue weighted by Crippen LogP contribution is 2.29. The lowest BCUT2D eigenvalue weighted by molar-refractivity contribution is -0.115. The van der Waals surface area contributed by atoms with Gasteiger partial charge >= 0.3 is 0 Å². The minimum Gasteiger partial charge on any atom is -0.497 e. The number of carbonyl (C=O) groups excluding carboxylic acids is 1. The van der Waals surface area contributed by atoms with E-state index in [1.807, 2.05) is 43.7 Å². The number of benzene rings is 2. The first-order chi connectivity index (χ1) is 14.9. The number of anilines is 1. The summed E-state index contributed by atoms with van der Waals surface area (Å²) in [6.07, 6.45) is 0. The third-order valence-corrected chi connectivity index (χ3v) is 5.74. The Hall–Kier alpha value is -3.20. The van der Waals surface area contributed by atoms with Crippen LogP contribution >= 0.6 is 11.8 Å². The zero-order valence-corrected chi connectivity index (χ0v) is 19.0. The first kappa shape index (κ1) is 22.5. The van der Waals surface area contributed by atoms with Gasteiger partial charge in [-0.25, -0.2) is 0 Å². The van der Waals surface area contributed by atoms with Crippen molar-refractivity contribution in [2.75, 3.05) is 19.5 Å². The minimum absolute atomic E-state index is 0.125. The summed E-state index contributed by atoms with van der Waals surface area (Å²) in [6.45, 7) is 4.05. The van der Waals surface area contributed by atoms with Gasteiger partial charge in [-0.3, -0.25) is 4.79 Å². The fourth-order valence-corrected chi connectivity index (χ4v) is 3.57. The summed E-state index contributed by atoms with van der Waals surface area (Å²) in [6, 6.07) is 12.9. The van der Waals surface area contributed by atoms with Crippen molar-refractivity contribution >= 4 is 23.4 Å². The smallest absolute Gasteiger partial charge is 0.237 e. The third-order valence-electron chi connectivity index (χ3n) is 4.61. The van der Waals surface area contributed by atoms with Crippen LogP contribution in [0.4, 0.5) is 5.69 Å². The Morgan fingerprint density at radius 1 is 1.10 bits per heavy atom. The van der Waals surface area contributed by atoms with E-state index < -0.39 is 0 Å². The Morgan fingerprint density at radius 2 is 1.84 bits per heavy atom. The Kier molecular flexibility index (Phi) is 7.41. The van der Waals surface area contributed by atoms with Crippen LogP contribution in [0.5, 0.6) is 17.2 Å². The normalized spacial score (nSPS) is 11.6. The number of carbonyl (C=O) groups is 1. The van der Waals surface area contributed by atoms with Gasteiger partial charge in [-0.1, -0.05) is 17.8 Å². The van der Waals surface area contributed by atoms with Gasteiger partial charge in [-0.15, -0.1) is 10.2 Å². The predicted molar refractivity (Wildman–Crippen MR) is 120 cm³/mol. The van der Waals surface area contributed by atoms with E-state index in [0.717, 1.165) is 11.3 Å². The molecular formula is C22H26N4O4S. The molecule has 164 valence electrons. The van der Waals surface area contributed by atoms with Crippen LogP contribution in [0.2, 0.25) is 0 Å². The number of nitrogens with one attached hydrogen (secondary N) is 1. The molecule has 1 amide bonds. The van der Waals surface area contributed by atoms with E-state index in [2.05, 4.69) is 15.5 Å². The first-order valence-electron chi connectivity index (χ1n) is 9.68. The average Bonchev–Trinajstić information content (AvgIpc) is 3.12. The van der Waals surface area contributed by atoms with Gasteiger partial charge in [0.25, 0.3) is 0 Å². The molecule has 8 nitrogen and oxygen atoms in total. The van der Waals surface area contributed by atoms with Crippen molar-refractivity contribution < 1.29 is 19.0 Å². The molecule has 0 aliphatic rings. The van der Waals surface area contributed by atoms with Crippen molar-refractivity contribution in [2.45, 2.75) is 30.9 Å². The van der Waals surface area contributed by atoms with Gasteiger partial charge in [-0.05, 0) is 55.8 Å². The highest BCUT2D eigenvalue weighted by Gasteiger charge is 2.19. The highest BCUT2D eigenvalue weighted by atomic mass is 32.2. The second-order valence-electron chi connectivity index (χ2n) is 6.88. The SMILES string of the molecule is COc1ccc(NC(=O)[C@H](C)Sc2nnc(COc3ccc(C)cc3OC)n2C)cc1. The number of rotatable bonds is 9. The molecule has 9 heteroatoms. The molecule has 1 aromatic heterocycles. The van der Waals surface area contributed by atoms with E-state index >= 15 is 0 Å². The van der Waals surface area contributed by atoms with Crippen molar-refractivity contribution in [1.82, 2.24) is 14.8 Å². The molecule has 0 unspecified atom stereocenters. The molecule has 0 bridgehead atoms. The van der Waals surface area contributed by atoms with Crippen molar-refractivity contribution in [3.05, 3.63) is 53.9 Å². The lowest BCUT2D eigenvalue weighted by Gasteiger charge is -2.13. The molecule has 1 heterocycles. The second-order valence-corrected chi connectivity index (χ2v) is 8.19. The lowest BCUT2D eigenvalue weighted by atomic mass is 10.2. The summed E-state index contributed by atoms with van der Waals surface area (Å²) in [7, 11) is 5.06. The summed E-state index contributed by atoms with van der Waals surface area (Å²) in [4.78, 5) is 12.5. The number of amides is 1. The van der Waals surface area contributed by atoms with Gasteiger partial charge in [0.05, 0.1) is 19.5 Å². The van der Waals surface area contributed by atoms with Crippen molar-refractivity contribution in [3.63, 3.8) is 0 Å². The van der Waals surface area contributed by atoms with E-state index in [1.165, 1.54) is 11.8 Å². The number of methoxy groups -OCH3 is 2. The van der Waals surface area contributed by atoms with Gasteiger partial charge < -0.3 is 24.1 Å². The van der Waals surface area contributed by atoms with Crippen LogP contribution in [-0.2, 0) is 18.4 Å². The van der Waals surface area contributed by atoms with Gasteiger partial charge in [0.1, 0.15) is 12.4 Å². The molecule has 0 fully saturated rings. The molecule has 0 aliphatic heterocycles. The number of aromatic nitrogens is 3. The summed E-state index contributed by atoms with van der Waals surface area (Å²) < 4.78 is 18.2. The first-order valence-corrected chi connectivity index (χ1v) is 10.6. The van der Waals surface area contributed by atoms with Gasteiger partial charge in [0.15, 0.2) is 22.5 Å². The maximum Gasteiger partial charge on any atom is 0.237 e. The van der Waals surface area contributed by atoms with Crippen LogP contribution in [0, 0.1) is 6.92 Å². The number of thioether (sulfide) groups is 1. The number of nitrogens with zero attached hydrogens (tertiary/aromatic N) is 3. The molecule has 0 aliphatic carbocycles. The highest BCUT2D eigenvalue weighted by molar-refractivity contribution is 8.00. The van der Waals surface area contributed by atoms with Gasteiger partial charge in [0.2, 0.25) is 5.91 Å². The van der Waals surface area contributed by atoms with Crippen LogP contribution in [-0.4, -0.2) is 40.1 Å². The molecule has 0 saturated heterocycles. The van der Waals surface area contributed by atoms with E-state index in [0.29, 0.717) is 28.2 Å². The van der Waals surface area contributed by atoms with E-state index in [4.69, 9.17) is 14.2 Å². The Labute approximate surface area is 185 Å². The molecule has 0 saturated carbocycles. The molecule has 1 N–H and O–H groups in total. The maximum atomic E-state index is 12.5. The van der Waals surface area contributed by atoms with Crippen molar-refractivity contribution in [1.29, 1.82) is 0 Å². The molecule has 1 atom stereocenters. The fourth-order valence-electron chi connectivity index (χ4n) is 2.74. The lowest BCUT2D eigenvalue weighted by Crippen LogP contribution is -2.22. The number of hydrogen-bond acceptors (Lipinski definition) is 7. The van der Waals surface area contributed by atoms with Crippen molar-refractivity contribution in [2.24, 2.45) is 7.05 Å². The topological polar surface area (TPSA) is 87.5 Å². The van der Waals surface area contributed by atoms with Gasteiger partial charge in [0, 0.05) is 12.7 Å². The standard InChI is InChI=1S/C22H26N4O4S/c1-14-6-11-18(19(12-14)29-5)30-13-20-24-25-22(26(20)3)31-15(2)21(27)23-16-7-9-17(28-4)10-8-16/h6-12,15H,13H2,1-5H3,(H,23,27)/t15-/m0/s1. The molecule has 3 aromatic rings. The Morgan fingerprint density at radius 3 is 2.52 bits per heavy atom. The minimum atomic E-state index is -0.365. The largest absolute Gasteiger partial charge is 0.497 e. The Balaban J connectivity index is 1.59. The molecule has 0 spiro atoms. The molecule has 0 radical (unpaired) electrons. The monoisotopic (exact) mass is 442 g/mol. The van der Waals surface area contributed by atoms with Crippen LogP contribution in [0.3, 0.4) is 0 Å². The van der Waals surface area contributed by atoms with Crippen LogP contribution in [0.15, 0.2) is 47.6 Å². The molecule has 3 rings (SSSR count). The van der Waals surface area contributed by atoms with Crippen molar-refractivity contribution in [3.8, 4) is 17.2 Å². The molecule has 2 aromatic carbocycles. The second kappa shape index (κ2) is 10.2. The molecule has 31 heavy (non-hydrogen) atoms. The van der Waals surface area contributed by atoms with E-state index in [1.54, 1.807) is 38.5 Å². The summed E-state index contributed by atoms with van der Waals surface area (Å²) >= 11 is 1.33. The molecular weight excluding hydrogens is 416 g/mol. The summed E-state index contributed by atoms with van der Waals surface area (Å²) in [5.41, 5.74) is 1.79. The van der Waals surface area contributed by atoms with Crippen LogP contribution in [0.25, 0.3) is 0 Å². The average molecular weight is 443 g/mol. The quantitative estimate of drug-likeness (QED) is 0.504. The third kappa shape index (κ3) is 5.69. The van der Waals surface area contributed by atoms with E-state index in [9.17, 15) is 4.79 Å². The van der Waals surface area contributed by atoms with Gasteiger partial charge in [-0.2, -0.15) is 0 Å². The zero-order chi connectivity index (χ0) is 22.4. The number of hydrogen-bond donors (Lipinski definition) is 1. The number of ether oxygens (including phenoxy) is 3. The summed E-state index contributed by atoms with van der Waals surface area (Å²) in [5.74, 6) is 2.56. The maximum absolute atomic E-state index is 12.5. The zero-order valence-electron chi connectivity index (χ0n) is 18.2. The van der Waals surface area contributed by atoms with E-state index in [-0.39, 0.29) is 17.8 Å². The number of aryl methyl sites for hydroxylation is 1. The fraction of sp³-hybridized carbons (Fsp3) is 0.318. The Bertz CT molecular complexity index is 1040. The summed E-state index contributed by atoms with van der Waals surface area (Å²) in [5, 5.41) is 11.6. The van der Waals surface area contributed by atoms with Crippen LogP contribution in [0.1, 0.15) is 18.3 Å².